The molecule has 0 unspecified atom stereocenters. The third kappa shape index (κ3) is 14.4. The maximum absolute atomic E-state index is 7.85. The van der Waals surface area contributed by atoms with Crippen LogP contribution in [0.15, 0.2) is 65.3 Å². The minimum absolute atomic E-state index is 0.00785. The fourth-order valence-corrected chi connectivity index (χ4v) is 17.0. The van der Waals surface area contributed by atoms with Crippen LogP contribution < -0.4 is 9.34 Å². The predicted molar refractivity (Wildman–Crippen MR) is 388 cm³/mol. The lowest BCUT2D eigenvalue weighted by atomic mass is 9.74. The van der Waals surface area contributed by atoms with Crippen molar-refractivity contribution < 1.29 is 16.8 Å². The van der Waals surface area contributed by atoms with Gasteiger partial charge in [-0.2, -0.15) is 9.34 Å². The van der Waals surface area contributed by atoms with Gasteiger partial charge < -0.3 is 16.8 Å². The third-order valence-corrected chi connectivity index (χ3v) is 27.4. The summed E-state index contributed by atoms with van der Waals surface area (Å²) in [6.07, 6.45) is 22.6. The van der Waals surface area contributed by atoms with Gasteiger partial charge in [0, 0.05) is 69.0 Å². The van der Waals surface area contributed by atoms with Gasteiger partial charge in [0.05, 0.1) is 0 Å². The molecule has 8 rings (SSSR count). The molecule has 490 valence electrons. The molecule has 2 aromatic heterocycles. The van der Waals surface area contributed by atoms with Crippen molar-refractivity contribution >= 4 is 60.2 Å². The zero-order valence-corrected chi connectivity index (χ0v) is 62.5. The van der Waals surface area contributed by atoms with E-state index in [0.29, 0.717) is 12.1 Å². The zero-order chi connectivity index (χ0) is 64.7. The van der Waals surface area contributed by atoms with E-state index in [-0.39, 0.29) is 43.3 Å². The Kier molecular flexibility index (Phi) is 21.8. The molecule has 0 saturated heterocycles. The Bertz CT molecular complexity index is 3040. The van der Waals surface area contributed by atoms with Crippen molar-refractivity contribution in [2.24, 2.45) is 0 Å². The Morgan fingerprint density at radius 3 is 0.705 bits per heavy atom. The van der Waals surface area contributed by atoms with Crippen LogP contribution in [0.25, 0.3) is 43.9 Å². The summed E-state index contributed by atoms with van der Waals surface area (Å²) in [5.41, 5.74) is 14.6. The summed E-state index contributed by atoms with van der Waals surface area (Å²) >= 11 is 0. The summed E-state index contributed by atoms with van der Waals surface area (Å²) < 4.78 is 36.9. The molecule has 4 aromatic carbocycles. The summed E-state index contributed by atoms with van der Waals surface area (Å²) in [7, 11) is -3.02. The van der Waals surface area contributed by atoms with Gasteiger partial charge in [0.15, 0.2) is 0 Å². The molecule has 0 amide bonds. The van der Waals surface area contributed by atoms with Gasteiger partial charge in [-0.1, -0.05) is 229 Å². The molecule has 0 N–H and O–H groups in total. The molecule has 88 heavy (non-hydrogen) atoms. The van der Waals surface area contributed by atoms with Crippen LogP contribution >= 0.6 is 16.3 Å². The SMILES string of the molecule is CCC(C)(C)c1cc(C(C)(C)CC)c2op(N(CCCCCCN(C3CCCC3)p3oc4c(C(C)(C)CC)cc(C(C)(C)CC)cc4c4cc(C(C)(C)CC)cc(C(C)(C)CC)c4o3)C3CCCC3)oc3c(C(C)(C)CC)cc(C(C)(C)CC)cc3c2c1. The standard InChI is InChI=1S/C80H126N2O4P2/c1-25-73(9,10)55-47-61-62-48-56(74(11,12)26-2)52-66(78(19,20)30-6)70(62)84-87(83-69(61)65(51-55)77(17,18)29-5)81(59-41-35-36-42-59)45-39-33-34-40-46-82(60-43-37-38-44-60)88-85-71-63(49-57(75(13,14)27-3)53-67(71)79(21,22)31-7)64-50-58(76(15,16)28-4)54-68(72(64)86-88)80(23,24)32-8/h47-54,59-60H,25-46H2,1-24H3. The third-order valence-electron chi connectivity index (χ3n) is 24.2. The van der Waals surface area contributed by atoms with Crippen LogP contribution in [-0.2, 0) is 43.3 Å². The lowest BCUT2D eigenvalue weighted by molar-refractivity contribution is 0.482. The van der Waals surface area contributed by atoms with E-state index in [1.54, 1.807) is 0 Å². The van der Waals surface area contributed by atoms with E-state index in [2.05, 4.69) is 224 Å². The van der Waals surface area contributed by atoms with E-state index in [9.17, 15) is 0 Å². The molecule has 2 aliphatic rings. The first-order valence-corrected chi connectivity index (χ1v) is 38.1. The monoisotopic (exact) mass is 1240 g/mol. The summed E-state index contributed by atoms with van der Waals surface area (Å²) in [6.45, 7) is 59.6. The lowest BCUT2D eigenvalue weighted by Crippen LogP contribution is -2.32. The Labute approximate surface area is 539 Å². The number of hydrogen-bond acceptors (Lipinski definition) is 6. The minimum atomic E-state index is -1.51. The molecule has 0 bridgehead atoms. The Morgan fingerprint density at radius 2 is 0.511 bits per heavy atom. The Balaban J connectivity index is 1.25. The molecule has 6 nitrogen and oxygen atoms in total. The molecule has 2 heterocycles. The molecule has 8 heteroatoms. The Morgan fingerprint density at radius 1 is 0.307 bits per heavy atom. The fraction of sp³-hybridized carbons (Fsp3) is 0.700. The first-order chi connectivity index (χ1) is 41.2. The summed E-state index contributed by atoms with van der Waals surface area (Å²) in [5.74, 6) is 0. The van der Waals surface area contributed by atoms with Crippen molar-refractivity contribution in [2.45, 2.75) is 350 Å². The second-order valence-electron chi connectivity index (χ2n) is 33.0. The fourth-order valence-electron chi connectivity index (χ4n) is 13.5. The second kappa shape index (κ2) is 27.3. The highest BCUT2D eigenvalue weighted by Crippen LogP contribution is 2.52. The van der Waals surface area contributed by atoms with Crippen molar-refractivity contribution in [3.8, 4) is 0 Å². The van der Waals surface area contributed by atoms with Gasteiger partial charge in [-0.15, -0.1) is 0 Å². The van der Waals surface area contributed by atoms with Crippen LogP contribution in [0.4, 0.5) is 0 Å². The van der Waals surface area contributed by atoms with Crippen LogP contribution in [0.5, 0.6) is 0 Å². The number of unbranched alkanes of at least 4 members (excludes halogenated alkanes) is 3. The van der Waals surface area contributed by atoms with Crippen LogP contribution in [0.3, 0.4) is 0 Å². The van der Waals surface area contributed by atoms with Gasteiger partial charge in [0.1, 0.15) is 22.3 Å². The Hall–Kier alpha value is -3.40. The summed E-state index contributed by atoms with van der Waals surface area (Å²) in [4.78, 5) is 0. The molecule has 0 spiro atoms. The van der Waals surface area contributed by atoms with E-state index in [1.165, 1.54) is 117 Å². The molecule has 0 atom stereocenters. The second-order valence-corrected chi connectivity index (χ2v) is 35.7. The maximum atomic E-state index is 7.85. The van der Waals surface area contributed by atoms with Crippen LogP contribution in [0, 0.1) is 0 Å². The molecule has 6 aromatic rings. The van der Waals surface area contributed by atoms with Gasteiger partial charge in [-0.3, -0.25) is 0 Å². The van der Waals surface area contributed by atoms with Gasteiger partial charge in [-0.25, -0.2) is 0 Å². The van der Waals surface area contributed by atoms with Crippen LogP contribution in [0.1, 0.15) is 339 Å². The van der Waals surface area contributed by atoms with E-state index in [1.807, 2.05) is 0 Å². The highest BCUT2D eigenvalue weighted by molar-refractivity contribution is 7.39. The molecular weight excluding hydrogens is 1110 g/mol. The lowest BCUT2D eigenvalue weighted by Gasteiger charge is -2.30. The molecule has 0 radical (unpaired) electrons. The molecule has 2 fully saturated rings. The normalized spacial score (nSPS) is 15.9. The van der Waals surface area contributed by atoms with E-state index >= 15 is 0 Å². The van der Waals surface area contributed by atoms with E-state index in [4.69, 9.17) is 16.8 Å². The molecular formula is C80H126N2O4P2. The smallest absolute Gasteiger partial charge is 0.309 e. The van der Waals surface area contributed by atoms with Gasteiger partial charge in [0.25, 0.3) is 0 Å². The maximum Gasteiger partial charge on any atom is 0.309 e. The average molecular weight is 1240 g/mol. The molecule has 0 aliphatic heterocycles. The van der Waals surface area contributed by atoms with Gasteiger partial charge in [-0.05, 0) is 180 Å². The number of hydrogen-bond donors (Lipinski definition) is 0. The first-order valence-electron chi connectivity index (χ1n) is 35.8. The number of fused-ring (bicyclic) bond motifs is 6. The van der Waals surface area contributed by atoms with Crippen molar-refractivity contribution in [2.75, 3.05) is 22.4 Å². The average Bonchev–Trinajstić information content (AvgIpc) is 1.60. The molecule has 2 saturated carbocycles. The summed E-state index contributed by atoms with van der Waals surface area (Å²) in [5, 5.41) is 4.88. The number of rotatable bonds is 27. The van der Waals surface area contributed by atoms with Crippen LogP contribution in [-0.4, -0.2) is 25.2 Å². The van der Waals surface area contributed by atoms with Crippen molar-refractivity contribution in [3.63, 3.8) is 0 Å². The quantitative estimate of drug-likeness (QED) is 0.0479. The zero-order valence-electron chi connectivity index (χ0n) is 60.8. The predicted octanol–water partition coefficient (Wildman–Crippen LogP) is 26.4. The highest BCUT2D eigenvalue weighted by atomic mass is 31.1. The number of benzene rings is 4. The van der Waals surface area contributed by atoms with Crippen molar-refractivity contribution in [3.05, 3.63) is 93.0 Å². The largest absolute Gasteiger partial charge is 0.407 e. The van der Waals surface area contributed by atoms with Crippen LogP contribution in [0.2, 0.25) is 0 Å². The molecule has 2 aliphatic carbocycles. The van der Waals surface area contributed by atoms with E-state index in [0.717, 1.165) is 112 Å². The van der Waals surface area contributed by atoms with Gasteiger partial charge in [0.2, 0.25) is 0 Å². The number of nitrogens with zero attached hydrogens (tertiary/aromatic N) is 2. The summed E-state index contributed by atoms with van der Waals surface area (Å²) in [6, 6.07) is 21.0. The van der Waals surface area contributed by atoms with Crippen molar-refractivity contribution in [1.29, 1.82) is 0 Å². The highest BCUT2D eigenvalue weighted by Gasteiger charge is 2.37. The van der Waals surface area contributed by atoms with Crippen molar-refractivity contribution in [1.82, 2.24) is 0 Å². The van der Waals surface area contributed by atoms with Gasteiger partial charge >= 0.3 is 16.3 Å². The minimum Gasteiger partial charge on any atom is -0.407 e. The topological polar surface area (TPSA) is 59.0 Å². The van der Waals surface area contributed by atoms with E-state index < -0.39 is 16.3 Å². The first kappa shape index (κ1) is 70.5.